The Morgan fingerprint density at radius 1 is 1.05 bits per heavy atom. The molecule has 1 amide bonds. The van der Waals surface area contributed by atoms with E-state index in [1.807, 2.05) is 24.4 Å². The van der Waals surface area contributed by atoms with E-state index in [0.717, 1.165) is 31.4 Å². The largest absolute Gasteiger partial charge is 0.349 e. The maximum absolute atomic E-state index is 13.6. The van der Waals surface area contributed by atoms with Gasteiger partial charge in [0.2, 0.25) is 11.8 Å². The summed E-state index contributed by atoms with van der Waals surface area (Å²) in [6.07, 6.45) is 7.76. The van der Waals surface area contributed by atoms with E-state index in [1.165, 1.54) is 24.4 Å². The molecule has 2 aliphatic heterocycles. The van der Waals surface area contributed by atoms with Gasteiger partial charge in [-0.15, -0.1) is 0 Å². The number of alkyl halides is 2. The van der Waals surface area contributed by atoms with Crippen molar-refractivity contribution >= 4 is 5.91 Å². The van der Waals surface area contributed by atoms with Gasteiger partial charge >= 0.3 is 0 Å². The lowest BCUT2D eigenvalue weighted by Crippen LogP contribution is -2.45. The van der Waals surface area contributed by atoms with Crippen molar-refractivity contribution in [1.82, 2.24) is 19.8 Å². The Kier molecular flexibility index (Phi) is 7.71. The van der Waals surface area contributed by atoms with Crippen LogP contribution >= 0.6 is 0 Å². The molecule has 1 aliphatic carbocycles. The Balaban J connectivity index is 1.24. The molecule has 2 unspecified atom stereocenters. The van der Waals surface area contributed by atoms with Gasteiger partial charge in [-0.1, -0.05) is 44.2 Å². The van der Waals surface area contributed by atoms with Crippen molar-refractivity contribution in [1.29, 1.82) is 0 Å². The summed E-state index contributed by atoms with van der Waals surface area (Å²) in [5.74, 6) is -1.39. The van der Waals surface area contributed by atoms with Crippen molar-refractivity contribution in [3.8, 4) is 0 Å². The van der Waals surface area contributed by atoms with Crippen LogP contribution in [-0.4, -0.2) is 44.9 Å². The molecule has 7 heteroatoms. The number of imidazole rings is 1. The number of benzene rings is 1. The number of carbonyl (C=O) groups is 1. The molecule has 202 valence electrons. The van der Waals surface area contributed by atoms with Crippen LogP contribution in [-0.2, 0) is 4.79 Å². The van der Waals surface area contributed by atoms with E-state index in [9.17, 15) is 13.6 Å². The van der Waals surface area contributed by atoms with Gasteiger partial charge in [0, 0.05) is 61.2 Å². The first-order valence-electron chi connectivity index (χ1n) is 14.2. The highest BCUT2D eigenvalue weighted by Crippen LogP contribution is 2.43. The zero-order valence-electron chi connectivity index (χ0n) is 22.5. The fraction of sp³-hybridized carbons (Fsp3) is 0.667. The molecule has 2 bridgehead atoms. The maximum Gasteiger partial charge on any atom is 0.248 e. The molecule has 1 aromatic heterocycles. The fourth-order valence-corrected chi connectivity index (χ4v) is 7.07. The van der Waals surface area contributed by atoms with E-state index in [1.54, 1.807) is 0 Å². The van der Waals surface area contributed by atoms with E-state index in [-0.39, 0.29) is 43.6 Å². The number of piperidine rings is 1. The predicted molar refractivity (Wildman–Crippen MR) is 142 cm³/mol. The summed E-state index contributed by atoms with van der Waals surface area (Å²) in [4.78, 5) is 20.5. The molecule has 2 aromatic rings. The van der Waals surface area contributed by atoms with Gasteiger partial charge in [0.25, 0.3) is 0 Å². The van der Waals surface area contributed by atoms with Crippen molar-refractivity contribution < 1.29 is 13.6 Å². The smallest absolute Gasteiger partial charge is 0.248 e. The minimum absolute atomic E-state index is 0.0668. The molecule has 37 heavy (non-hydrogen) atoms. The van der Waals surface area contributed by atoms with Gasteiger partial charge in [-0.05, 0) is 57.4 Å². The second kappa shape index (κ2) is 10.8. The van der Waals surface area contributed by atoms with Crippen LogP contribution in [0.25, 0.3) is 0 Å². The molecule has 2 saturated heterocycles. The number of carbonyl (C=O) groups excluding carboxylic acids is 1. The zero-order chi connectivity index (χ0) is 26.2. The van der Waals surface area contributed by atoms with Crippen LogP contribution in [0.4, 0.5) is 8.78 Å². The third-order valence-electron chi connectivity index (χ3n) is 9.03. The van der Waals surface area contributed by atoms with Crippen LogP contribution in [0.1, 0.15) is 107 Å². The van der Waals surface area contributed by atoms with Crippen LogP contribution in [0.15, 0.2) is 36.5 Å². The number of nitrogens with zero attached hydrogens (tertiary/aromatic N) is 3. The molecular formula is C30H42F2N4O. The maximum atomic E-state index is 13.6. The number of hydrogen-bond acceptors (Lipinski definition) is 3. The van der Waals surface area contributed by atoms with Crippen molar-refractivity contribution in [3.05, 3.63) is 53.6 Å². The average molecular weight is 513 g/mol. The molecule has 0 spiro atoms. The van der Waals surface area contributed by atoms with Crippen LogP contribution in [0.5, 0.6) is 0 Å². The Labute approximate surface area is 220 Å². The quantitative estimate of drug-likeness (QED) is 0.436. The lowest BCUT2D eigenvalue weighted by Gasteiger charge is -2.41. The molecule has 1 aromatic carbocycles. The Morgan fingerprint density at radius 2 is 1.70 bits per heavy atom. The predicted octanol–water partition coefficient (Wildman–Crippen LogP) is 6.56. The highest BCUT2D eigenvalue weighted by Gasteiger charge is 2.42. The van der Waals surface area contributed by atoms with Crippen molar-refractivity contribution in [2.24, 2.45) is 5.92 Å². The fourth-order valence-electron chi connectivity index (χ4n) is 7.07. The molecule has 3 atom stereocenters. The highest BCUT2D eigenvalue weighted by atomic mass is 19.3. The number of halogens is 2. The summed E-state index contributed by atoms with van der Waals surface area (Å²) >= 11 is 0. The number of amides is 1. The average Bonchev–Trinajstić information content (AvgIpc) is 3.37. The second-order valence-corrected chi connectivity index (χ2v) is 11.9. The van der Waals surface area contributed by atoms with E-state index < -0.39 is 5.92 Å². The van der Waals surface area contributed by atoms with Gasteiger partial charge < -0.3 is 9.88 Å². The lowest BCUT2D eigenvalue weighted by molar-refractivity contribution is -0.130. The minimum Gasteiger partial charge on any atom is -0.349 e. The number of rotatable bonds is 8. The van der Waals surface area contributed by atoms with E-state index >= 15 is 0 Å². The number of aryl methyl sites for hydroxylation is 1. The van der Waals surface area contributed by atoms with Crippen molar-refractivity contribution in [2.75, 3.05) is 6.54 Å². The molecular weight excluding hydrogens is 470 g/mol. The molecule has 5 rings (SSSR count). The molecule has 0 radical (unpaired) electrons. The Hall–Kier alpha value is -2.28. The molecule has 1 saturated carbocycles. The topological polar surface area (TPSA) is 50.2 Å². The van der Waals surface area contributed by atoms with Gasteiger partial charge in [-0.2, -0.15) is 0 Å². The van der Waals surface area contributed by atoms with E-state index in [0.29, 0.717) is 24.0 Å². The van der Waals surface area contributed by atoms with Gasteiger partial charge in [0.05, 0.1) is 6.04 Å². The number of fused-ring (bicyclic) bond motifs is 2. The summed E-state index contributed by atoms with van der Waals surface area (Å²) in [5.41, 5.74) is 2.35. The Morgan fingerprint density at radius 3 is 2.32 bits per heavy atom. The minimum atomic E-state index is -2.62. The molecule has 5 nitrogen and oxygen atoms in total. The third-order valence-corrected chi connectivity index (χ3v) is 9.03. The highest BCUT2D eigenvalue weighted by molar-refractivity contribution is 5.79. The second-order valence-electron chi connectivity index (χ2n) is 11.9. The van der Waals surface area contributed by atoms with Crippen molar-refractivity contribution in [3.63, 3.8) is 0 Å². The summed E-state index contributed by atoms with van der Waals surface area (Å²) in [7, 11) is 0. The van der Waals surface area contributed by atoms with Crippen LogP contribution in [0.3, 0.4) is 0 Å². The lowest BCUT2D eigenvalue weighted by atomic mass is 9.86. The number of aromatic nitrogens is 2. The number of nitrogens with one attached hydrogen (secondary N) is 1. The number of hydrogen-bond donors (Lipinski definition) is 1. The zero-order valence-corrected chi connectivity index (χ0v) is 22.5. The summed E-state index contributed by atoms with van der Waals surface area (Å²) in [5, 5.41) is 3.26. The monoisotopic (exact) mass is 512 g/mol. The molecule has 1 N–H and O–H groups in total. The first-order chi connectivity index (χ1) is 17.7. The van der Waals surface area contributed by atoms with Crippen LogP contribution < -0.4 is 5.32 Å². The summed E-state index contributed by atoms with van der Waals surface area (Å²) in [6.45, 7) is 7.55. The summed E-state index contributed by atoms with van der Waals surface area (Å²) < 4.78 is 29.8. The normalized spacial score (nSPS) is 26.9. The van der Waals surface area contributed by atoms with E-state index in [2.05, 4.69) is 47.7 Å². The molecule has 3 fully saturated rings. The third kappa shape index (κ3) is 5.76. The first-order valence-corrected chi connectivity index (χ1v) is 14.2. The SMILES string of the molecule is Cc1cnc(C(C)C)n1C1CC2CCC(C1)N2CC[C@H](NC(=O)C1CCC(F)(F)CC1)c1ccccc1. The standard InChI is InChI=1S/C30H42F2N4O/c1-20(2)28-33-19-21(3)36(28)26-17-24-9-10-25(18-26)35(24)16-13-27(22-7-5-4-6-8-22)34-29(37)23-11-14-30(31,32)15-12-23/h4-8,19-20,23-27H,9-18H2,1-3H3,(H,34,37)/t24?,25?,26?,27-/m0/s1. The van der Waals surface area contributed by atoms with E-state index in [4.69, 9.17) is 4.98 Å². The molecule has 3 heterocycles. The Bertz CT molecular complexity index is 1040. The van der Waals surface area contributed by atoms with Gasteiger partial charge in [0.1, 0.15) is 5.82 Å². The van der Waals surface area contributed by atoms with Crippen LogP contribution in [0, 0.1) is 12.8 Å². The first kappa shape index (κ1) is 26.3. The molecule has 3 aliphatic rings. The summed E-state index contributed by atoms with van der Waals surface area (Å²) in [6, 6.07) is 11.6. The van der Waals surface area contributed by atoms with Gasteiger partial charge in [-0.25, -0.2) is 13.8 Å². The van der Waals surface area contributed by atoms with Gasteiger partial charge in [-0.3, -0.25) is 9.69 Å². The van der Waals surface area contributed by atoms with Crippen LogP contribution in [0.2, 0.25) is 0 Å². The van der Waals surface area contributed by atoms with Crippen molar-refractivity contribution in [2.45, 2.75) is 115 Å². The van der Waals surface area contributed by atoms with Gasteiger partial charge in [0.15, 0.2) is 0 Å².